The second-order valence-corrected chi connectivity index (χ2v) is 7.94. The molecule has 142 valence electrons. The highest BCUT2D eigenvalue weighted by Crippen LogP contribution is 2.20. The van der Waals surface area contributed by atoms with E-state index in [-0.39, 0.29) is 29.7 Å². The van der Waals surface area contributed by atoms with Crippen LogP contribution in [0.2, 0.25) is 0 Å². The summed E-state index contributed by atoms with van der Waals surface area (Å²) >= 11 is 1.33. The zero-order chi connectivity index (χ0) is 19.4. The molecule has 1 atom stereocenters. The molecule has 1 aliphatic rings. The van der Waals surface area contributed by atoms with E-state index >= 15 is 0 Å². The van der Waals surface area contributed by atoms with Crippen LogP contribution in [0.3, 0.4) is 0 Å². The molecular weight excluding hydrogens is 362 g/mol. The molecule has 0 saturated heterocycles. The molecule has 1 aliphatic carbocycles. The SMILES string of the molecule is CC(C)C(NC(=O)c1cccs1)C(=O)Nc1cccc(C(=O)NC2CC2)c1. The van der Waals surface area contributed by atoms with E-state index in [1.54, 1.807) is 36.4 Å². The van der Waals surface area contributed by atoms with E-state index < -0.39 is 6.04 Å². The summed E-state index contributed by atoms with van der Waals surface area (Å²) in [4.78, 5) is 37.7. The summed E-state index contributed by atoms with van der Waals surface area (Å²) in [6.45, 7) is 3.75. The van der Waals surface area contributed by atoms with Crippen molar-refractivity contribution in [3.05, 3.63) is 52.2 Å². The third-order valence-electron chi connectivity index (χ3n) is 4.29. The number of thiophene rings is 1. The Balaban J connectivity index is 1.66. The van der Waals surface area contributed by atoms with Crippen molar-refractivity contribution in [1.29, 1.82) is 0 Å². The molecule has 1 aromatic carbocycles. The molecule has 6 nitrogen and oxygen atoms in total. The Morgan fingerprint density at radius 3 is 2.48 bits per heavy atom. The van der Waals surface area contributed by atoms with E-state index in [0.29, 0.717) is 16.1 Å². The standard InChI is InChI=1S/C20H23N3O3S/c1-12(2)17(23-19(25)16-7-4-10-27-16)20(26)22-15-6-3-5-13(11-15)18(24)21-14-8-9-14/h3-7,10-12,14,17H,8-9H2,1-2H3,(H,21,24)(H,22,26)(H,23,25). The van der Waals surface area contributed by atoms with Crippen LogP contribution in [0.4, 0.5) is 5.69 Å². The van der Waals surface area contributed by atoms with E-state index in [1.165, 1.54) is 11.3 Å². The van der Waals surface area contributed by atoms with Gasteiger partial charge in [0.05, 0.1) is 4.88 Å². The van der Waals surface area contributed by atoms with Gasteiger partial charge in [-0.3, -0.25) is 14.4 Å². The molecule has 1 unspecified atom stereocenters. The Labute approximate surface area is 162 Å². The summed E-state index contributed by atoms with van der Waals surface area (Å²) in [6, 6.07) is 9.92. The summed E-state index contributed by atoms with van der Waals surface area (Å²) < 4.78 is 0. The van der Waals surface area contributed by atoms with Gasteiger partial charge in [-0.2, -0.15) is 0 Å². The first-order chi connectivity index (χ1) is 12.9. The lowest BCUT2D eigenvalue weighted by molar-refractivity contribution is -0.118. The van der Waals surface area contributed by atoms with Gasteiger partial charge in [-0.05, 0) is 48.4 Å². The van der Waals surface area contributed by atoms with Gasteiger partial charge in [0.25, 0.3) is 11.8 Å². The van der Waals surface area contributed by atoms with E-state index in [4.69, 9.17) is 0 Å². The number of amides is 3. The average molecular weight is 385 g/mol. The normalized spacial score (nSPS) is 14.5. The van der Waals surface area contributed by atoms with Crippen molar-refractivity contribution >= 4 is 34.7 Å². The van der Waals surface area contributed by atoms with Gasteiger partial charge < -0.3 is 16.0 Å². The zero-order valence-corrected chi connectivity index (χ0v) is 16.1. The van der Waals surface area contributed by atoms with Crippen LogP contribution in [-0.4, -0.2) is 29.8 Å². The molecule has 0 aliphatic heterocycles. The van der Waals surface area contributed by atoms with Gasteiger partial charge in [-0.25, -0.2) is 0 Å². The Morgan fingerprint density at radius 1 is 1.07 bits per heavy atom. The summed E-state index contributed by atoms with van der Waals surface area (Å²) in [7, 11) is 0. The van der Waals surface area contributed by atoms with Crippen molar-refractivity contribution < 1.29 is 14.4 Å². The van der Waals surface area contributed by atoms with Crippen molar-refractivity contribution in [2.24, 2.45) is 5.92 Å². The molecule has 3 rings (SSSR count). The smallest absolute Gasteiger partial charge is 0.262 e. The molecule has 1 heterocycles. The van der Waals surface area contributed by atoms with Gasteiger partial charge in [-0.1, -0.05) is 26.0 Å². The largest absolute Gasteiger partial charge is 0.349 e. The van der Waals surface area contributed by atoms with Gasteiger partial charge in [0.2, 0.25) is 5.91 Å². The summed E-state index contributed by atoms with van der Waals surface area (Å²) in [5.74, 6) is -0.804. The molecule has 27 heavy (non-hydrogen) atoms. The van der Waals surface area contributed by atoms with E-state index in [0.717, 1.165) is 12.8 Å². The van der Waals surface area contributed by atoms with Crippen molar-refractivity contribution in [3.8, 4) is 0 Å². The van der Waals surface area contributed by atoms with Gasteiger partial charge >= 0.3 is 0 Å². The Kier molecular flexibility index (Phi) is 5.91. The first kappa shape index (κ1) is 19.1. The zero-order valence-electron chi connectivity index (χ0n) is 15.3. The predicted molar refractivity (Wildman–Crippen MR) is 106 cm³/mol. The summed E-state index contributed by atoms with van der Waals surface area (Å²) in [6.07, 6.45) is 2.03. The molecule has 1 saturated carbocycles. The van der Waals surface area contributed by atoms with Crippen molar-refractivity contribution in [2.75, 3.05) is 5.32 Å². The number of benzene rings is 1. The minimum atomic E-state index is -0.677. The Morgan fingerprint density at radius 2 is 1.85 bits per heavy atom. The number of carbonyl (C=O) groups is 3. The number of carbonyl (C=O) groups excluding carboxylic acids is 3. The maximum atomic E-state index is 12.7. The van der Waals surface area contributed by atoms with Crippen LogP contribution in [0, 0.1) is 5.92 Å². The van der Waals surface area contributed by atoms with Gasteiger partial charge in [-0.15, -0.1) is 11.3 Å². The number of nitrogens with one attached hydrogen (secondary N) is 3. The lowest BCUT2D eigenvalue weighted by atomic mass is 10.0. The minimum absolute atomic E-state index is 0.0877. The topological polar surface area (TPSA) is 87.3 Å². The Bertz CT molecular complexity index is 829. The lowest BCUT2D eigenvalue weighted by Gasteiger charge is -2.21. The van der Waals surface area contributed by atoms with E-state index in [2.05, 4.69) is 16.0 Å². The fourth-order valence-corrected chi connectivity index (χ4v) is 3.24. The number of anilines is 1. The molecule has 7 heteroatoms. The number of hydrogen-bond acceptors (Lipinski definition) is 4. The molecule has 0 spiro atoms. The van der Waals surface area contributed by atoms with Crippen LogP contribution in [0.5, 0.6) is 0 Å². The molecule has 1 aromatic heterocycles. The molecule has 0 bridgehead atoms. The quantitative estimate of drug-likeness (QED) is 0.685. The first-order valence-electron chi connectivity index (χ1n) is 9.00. The maximum absolute atomic E-state index is 12.7. The van der Waals surface area contributed by atoms with Crippen molar-refractivity contribution in [1.82, 2.24) is 10.6 Å². The number of hydrogen-bond donors (Lipinski definition) is 3. The van der Waals surface area contributed by atoms with Crippen molar-refractivity contribution in [3.63, 3.8) is 0 Å². The molecule has 1 fully saturated rings. The van der Waals surface area contributed by atoms with Gasteiger partial charge in [0.1, 0.15) is 6.04 Å². The Hall–Kier alpha value is -2.67. The predicted octanol–water partition coefficient (Wildman–Crippen LogP) is 3.03. The van der Waals surface area contributed by atoms with Crippen LogP contribution in [0.1, 0.15) is 46.7 Å². The highest BCUT2D eigenvalue weighted by atomic mass is 32.1. The molecule has 0 radical (unpaired) electrons. The fraction of sp³-hybridized carbons (Fsp3) is 0.350. The van der Waals surface area contributed by atoms with Crippen LogP contribution < -0.4 is 16.0 Å². The molecule has 2 aromatic rings. The van der Waals surface area contributed by atoms with Crippen molar-refractivity contribution in [2.45, 2.75) is 38.8 Å². The van der Waals surface area contributed by atoms with Gasteiger partial charge in [0.15, 0.2) is 0 Å². The second kappa shape index (κ2) is 8.35. The number of rotatable bonds is 7. The van der Waals surface area contributed by atoms with Gasteiger partial charge in [0, 0.05) is 17.3 Å². The summed E-state index contributed by atoms with van der Waals surface area (Å²) in [5, 5.41) is 10.3. The molecule has 3 amide bonds. The minimum Gasteiger partial charge on any atom is -0.349 e. The highest BCUT2D eigenvalue weighted by molar-refractivity contribution is 7.12. The third kappa shape index (κ3) is 5.17. The summed E-state index contributed by atoms with van der Waals surface area (Å²) in [5.41, 5.74) is 1.03. The molecule has 3 N–H and O–H groups in total. The van der Waals surface area contributed by atoms with E-state index in [9.17, 15) is 14.4 Å². The second-order valence-electron chi connectivity index (χ2n) is 6.99. The van der Waals surface area contributed by atoms with Crippen LogP contribution in [0.15, 0.2) is 41.8 Å². The van der Waals surface area contributed by atoms with E-state index in [1.807, 2.05) is 19.2 Å². The third-order valence-corrected chi connectivity index (χ3v) is 5.15. The maximum Gasteiger partial charge on any atom is 0.262 e. The molecular formula is C20H23N3O3S. The highest BCUT2D eigenvalue weighted by Gasteiger charge is 2.26. The van der Waals surface area contributed by atoms with Crippen LogP contribution >= 0.6 is 11.3 Å². The monoisotopic (exact) mass is 385 g/mol. The lowest BCUT2D eigenvalue weighted by Crippen LogP contribution is -2.47. The fourth-order valence-electron chi connectivity index (χ4n) is 2.61. The first-order valence-corrected chi connectivity index (χ1v) is 9.88. The average Bonchev–Trinajstić information content (AvgIpc) is 3.27. The van der Waals surface area contributed by atoms with Crippen LogP contribution in [-0.2, 0) is 4.79 Å². The van der Waals surface area contributed by atoms with Crippen LogP contribution in [0.25, 0.3) is 0 Å².